The van der Waals surface area contributed by atoms with E-state index in [1.54, 1.807) is 7.11 Å². The van der Waals surface area contributed by atoms with Crippen molar-refractivity contribution in [3.63, 3.8) is 0 Å². The summed E-state index contributed by atoms with van der Waals surface area (Å²) in [6.07, 6.45) is 3.37. The largest absolute Gasteiger partial charge is 0.493 e. The fraction of sp³-hybridized carbons (Fsp3) is 0.600. The van der Waals surface area contributed by atoms with Crippen LogP contribution in [0.2, 0.25) is 0 Å². The predicted molar refractivity (Wildman–Crippen MR) is 70.7 cm³/mol. The monoisotopic (exact) mass is 264 g/mol. The topological polar surface area (TPSA) is 47.9 Å². The number of hydrogen-bond acceptors (Lipinski definition) is 4. The molecule has 0 radical (unpaired) electrons. The van der Waals surface area contributed by atoms with Gasteiger partial charge in [0.15, 0.2) is 11.5 Å². The fourth-order valence-corrected chi connectivity index (χ4v) is 2.44. The normalized spacial score (nSPS) is 24.2. The molecule has 2 aliphatic rings. The Labute approximate surface area is 113 Å². The first-order valence-corrected chi connectivity index (χ1v) is 6.83. The average Bonchev–Trinajstić information content (AvgIpc) is 2.92. The highest BCUT2D eigenvalue weighted by atomic mass is 16.6. The van der Waals surface area contributed by atoms with Gasteiger partial charge in [0, 0.05) is 18.4 Å². The van der Waals surface area contributed by atoms with Gasteiger partial charge in [-0.15, -0.1) is 0 Å². The van der Waals surface area contributed by atoms with Crippen molar-refractivity contribution in [1.29, 1.82) is 0 Å². The molecule has 0 aromatic heterocycles. The van der Waals surface area contributed by atoms with Crippen LogP contribution in [-0.4, -0.2) is 37.1 Å². The zero-order valence-corrected chi connectivity index (χ0v) is 11.2. The summed E-state index contributed by atoms with van der Waals surface area (Å²) in [4.78, 5) is 0. The Bertz CT molecular complexity index is 447. The zero-order valence-electron chi connectivity index (χ0n) is 11.2. The SMILES string of the molecule is COc1cccc(CC2(O)CC2)c1OC1CCOC1. The lowest BCUT2D eigenvalue weighted by molar-refractivity contribution is 0.132. The molecule has 1 N–H and O–H groups in total. The Balaban J connectivity index is 1.84. The molecular weight excluding hydrogens is 244 g/mol. The van der Waals surface area contributed by atoms with Gasteiger partial charge >= 0.3 is 0 Å². The molecule has 0 bridgehead atoms. The first-order valence-electron chi connectivity index (χ1n) is 6.83. The van der Waals surface area contributed by atoms with Crippen LogP contribution in [0.1, 0.15) is 24.8 Å². The standard InChI is InChI=1S/C15H20O4/c1-17-13-4-2-3-11(9-15(16)6-7-15)14(13)19-12-5-8-18-10-12/h2-4,12,16H,5-10H2,1H3. The number of hydrogen-bond donors (Lipinski definition) is 1. The van der Waals surface area contributed by atoms with Crippen molar-refractivity contribution in [3.05, 3.63) is 23.8 Å². The molecule has 4 heteroatoms. The number of methoxy groups -OCH3 is 1. The van der Waals surface area contributed by atoms with Gasteiger partial charge in [-0.3, -0.25) is 0 Å². The highest BCUT2D eigenvalue weighted by Crippen LogP contribution is 2.42. The van der Waals surface area contributed by atoms with Crippen LogP contribution in [0.15, 0.2) is 18.2 Å². The van der Waals surface area contributed by atoms with Crippen LogP contribution in [0, 0.1) is 0 Å². The maximum Gasteiger partial charge on any atom is 0.164 e. The van der Waals surface area contributed by atoms with E-state index in [1.807, 2.05) is 18.2 Å². The van der Waals surface area contributed by atoms with Crippen LogP contribution in [0.4, 0.5) is 0 Å². The van der Waals surface area contributed by atoms with E-state index in [0.29, 0.717) is 13.0 Å². The number of benzene rings is 1. The van der Waals surface area contributed by atoms with E-state index in [1.165, 1.54) is 0 Å². The van der Waals surface area contributed by atoms with E-state index in [4.69, 9.17) is 14.2 Å². The van der Waals surface area contributed by atoms with Crippen LogP contribution in [0.3, 0.4) is 0 Å². The average molecular weight is 264 g/mol. The summed E-state index contributed by atoms with van der Waals surface area (Å²) in [5, 5.41) is 10.1. The molecule has 4 nitrogen and oxygen atoms in total. The van der Waals surface area contributed by atoms with Crippen molar-refractivity contribution in [2.24, 2.45) is 0 Å². The molecule has 1 saturated carbocycles. The fourth-order valence-electron chi connectivity index (χ4n) is 2.44. The van der Waals surface area contributed by atoms with Gasteiger partial charge in [-0.2, -0.15) is 0 Å². The van der Waals surface area contributed by atoms with Crippen LogP contribution in [0.5, 0.6) is 11.5 Å². The van der Waals surface area contributed by atoms with E-state index in [2.05, 4.69) is 0 Å². The molecule has 1 saturated heterocycles. The van der Waals surface area contributed by atoms with Crippen molar-refractivity contribution in [2.45, 2.75) is 37.4 Å². The quantitative estimate of drug-likeness (QED) is 0.883. The van der Waals surface area contributed by atoms with Gasteiger partial charge in [0.2, 0.25) is 0 Å². The minimum Gasteiger partial charge on any atom is -0.493 e. The highest BCUT2D eigenvalue weighted by Gasteiger charge is 2.41. The van der Waals surface area contributed by atoms with Gasteiger partial charge in [-0.1, -0.05) is 12.1 Å². The van der Waals surface area contributed by atoms with Gasteiger partial charge in [-0.05, 0) is 18.9 Å². The molecule has 0 amide bonds. The molecule has 1 atom stereocenters. The molecule has 3 rings (SSSR count). The zero-order chi connectivity index (χ0) is 13.3. The van der Waals surface area contributed by atoms with E-state index in [9.17, 15) is 5.11 Å². The van der Waals surface area contributed by atoms with Gasteiger partial charge in [-0.25, -0.2) is 0 Å². The molecule has 1 aromatic carbocycles. The van der Waals surface area contributed by atoms with Crippen molar-refractivity contribution < 1.29 is 19.3 Å². The maximum atomic E-state index is 10.1. The molecule has 1 heterocycles. The summed E-state index contributed by atoms with van der Waals surface area (Å²) < 4.78 is 16.8. The third kappa shape index (κ3) is 2.85. The Kier molecular flexibility index (Phi) is 3.37. The Morgan fingerprint density at radius 2 is 2.26 bits per heavy atom. The molecule has 1 aliphatic carbocycles. The Morgan fingerprint density at radius 1 is 1.42 bits per heavy atom. The lowest BCUT2D eigenvalue weighted by Gasteiger charge is -2.19. The first kappa shape index (κ1) is 12.8. The minimum atomic E-state index is -0.531. The number of rotatable bonds is 5. The molecular formula is C15H20O4. The van der Waals surface area contributed by atoms with E-state index < -0.39 is 5.60 Å². The minimum absolute atomic E-state index is 0.0869. The third-order valence-electron chi connectivity index (χ3n) is 3.80. The summed E-state index contributed by atoms with van der Waals surface area (Å²) in [7, 11) is 1.64. The number of ether oxygens (including phenoxy) is 3. The molecule has 104 valence electrons. The summed E-state index contributed by atoms with van der Waals surface area (Å²) in [6.45, 7) is 1.38. The van der Waals surface area contributed by atoms with E-state index in [-0.39, 0.29) is 6.10 Å². The van der Waals surface area contributed by atoms with E-state index in [0.717, 1.165) is 42.9 Å². The van der Waals surface area contributed by atoms with Crippen molar-refractivity contribution in [1.82, 2.24) is 0 Å². The number of aliphatic hydroxyl groups is 1. The highest BCUT2D eigenvalue weighted by molar-refractivity contribution is 5.47. The van der Waals surface area contributed by atoms with Crippen molar-refractivity contribution in [3.8, 4) is 11.5 Å². The summed E-state index contributed by atoms with van der Waals surface area (Å²) in [5.41, 5.74) is 0.489. The lowest BCUT2D eigenvalue weighted by Crippen LogP contribution is -2.19. The molecule has 1 aromatic rings. The summed E-state index contributed by atoms with van der Waals surface area (Å²) in [5.74, 6) is 1.49. The second kappa shape index (κ2) is 5.02. The second-order valence-corrected chi connectivity index (χ2v) is 5.45. The first-order chi connectivity index (χ1) is 9.20. The number of para-hydroxylation sites is 1. The van der Waals surface area contributed by atoms with Crippen molar-refractivity contribution in [2.75, 3.05) is 20.3 Å². The summed E-state index contributed by atoms with van der Waals surface area (Å²) >= 11 is 0. The lowest BCUT2D eigenvalue weighted by atomic mass is 10.0. The van der Waals surface area contributed by atoms with Gasteiger partial charge in [0.25, 0.3) is 0 Å². The van der Waals surface area contributed by atoms with Crippen LogP contribution >= 0.6 is 0 Å². The molecule has 0 spiro atoms. The third-order valence-corrected chi connectivity index (χ3v) is 3.80. The van der Waals surface area contributed by atoms with Gasteiger partial charge in [0.05, 0.1) is 25.9 Å². The van der Waals surface area contributed by atoms with Crippen LogP contribution < -0.4 is 9.47 Å². The molecule has 19 heavy (non-hydrogen) atoms. The van der Waals surface area contributed by atoms with Crippen LogP contribution in [-0.2, 0) is 11.2 Å². The smallest absolute Gasteiger partial charge is 0.164 e. The van der Waals surface area contributed by atoms with E-state index >= 15 is 0 Å². The Morgan fingerprint density at radius 3 is 2.89 bits per heavy atom. The Hall–Kier alpha value is -1.26. The van der Waals surface area contributed by atoms with Gasteiger partial charge in [0.1, 0.15) is 6.10 Å². The van der Waals surface area contributed by atoms with Crippen molar-refractivity contribution >= 4 is 0 Å². The maximum absolute atomic E-state index is 10.1. The second-order valence-electron chi connectivity index (χ2n) is 5.45. The molecule has 1 aliphatic heterocycles. The van der Waals surface area contributed by atoms with Gasteiger partial charge < -0.3 is 19.3 Å². The predicted octanol–water partition coefficient (Wildman–Crippen LogP) is 1.93. The van der Waals surface area contributed by atoms with Crippen LogP contribution in [0.25, 0.3) is 0 Å². The summed E-state index contributed by atoms with van der Waals surface area (Å²) in [6, 6.07) is 5.84. The molecule has 1 unspecified atom stereocenters. The molecule has 2 fully saturated rings.